The third-order valence-electron chi connectivity index (χ3n) is 2.41. The molecule has 0 aromatic carbocycles. The van der Waals surface area contributed by atoms with Crippen molar-refractivity contribution in [3.63, 3.8) is 0 Å². The van der Waals surface area contributed by atoms with E-state index in [1.165, 1.54) is 4.57 Å². The predicted molar refractivity (Wildman–Crippen MR) is 59.0 cm³/mol. The van der Waals surface area contributed by atoms with E-state index in [1.54, 1.807) is 11.8 Å². The fourth-order valence-electron chi connectivity index (χ4n) is 1.63. The van der Waals surface area contributed by atoms with Gasteiger partial charge in [-0.1, -0.05) is 0 Å². The van der Waals surface area contributed by atoms with Crippen LogP contribution >= 0.6 is 11.8 Å². The van der Waals surface area contributed by atoms with Gasteiger partial charge in [0.15, 0.2) is 0 Å². The summed E-state index contributed by atoms with van der Waals surface area (Å²) in [4.78, 5) is 35.5. The van der Waals surface area contributed by atoms with Gasteiger partial charge in [0.05, 0.1) is 5.37 Å². The van der Waals surface area contributed by atoms with Crippen LogP contribution in [0.2, 0.25) is 0 Å². The molecule has 2 N–H and O–H groups in total. The first kappa shape index (κ1) is 11.0. The average Bonchev–Trinajstić information content (AvgIpc) is 2.70. The number of carboxylic acid groups (broad SMARTS) is 1. The number of nitrogens with zero attached hydrogens (tertiary/aromatic N) is 1. The summed E-state index contributed by atoms with van der Waals surface area (Å²) >= 11 is 1.58. The zero-order chi connectivity index (χ0) is 11.7. The molecule has 1 aromatic rings. The highest BCUT2D eigenvalue weighted by Crippen LogP contribution is 2.34. The normalized spacial score (nSPS) is 19.9. The molecule has 0 spiro atoms. The zero-order valence-corrected chi connectivity index (χ0v) is 9.12. The highest BCUT2D eigenvalue weighted by atomic mass is 32.2. The molecular weight excluding hydrogens is 232 g/mol. The van der Waals surface area contributed by atoms with Crippen molar-refractivity contribution in [2.24, 2.45) is 0 Å². The number of hydrogen-bond donors (Lipinski definition) is 2. The highest BCUT2D eigenvalue weighted by molar-refractivity contribution is 7.99. The molecule has 0 aliphatic carbocycles. The van der Waals surface area contributed by atoms with E-state index in [2.05, 4.69) is 0 Å². The molecule has 0 saturated carbocycles. The minimum Gasteiger partial charge on any atom is -0.477 e. The Morgan fingerprint density at radius 2 is 2.31 bits per heavy atom. The Bertz CT molecular complexity index is 527. The Hall–Kier alpha value is -1.50. The molecule has 1 atom stereocenters. The molecule has 1 fully saturated rings. The molecule has 6 nitrogen and oxygen atoms in total. The second-order valence-electron chi connectivity index (χ2n) is 3.48. The monoisotopic (exact) mass is 242 g/mol. The second-order valence-corrected chi connectivity index (χ2v) is 4.77. The van der Waals surface area contributed by atoms with Crippen molar-refractivity contribution in [2.45, 2.75) is 18.2 Å². The predicted octanol–water partition coefficient (Wildman–Crippen LogP) is 0.260. The number of nitrogens with one attached hydrogen (secondary N) is 1. The molecule has 1 aliphatic rings. The maximum Gasteiger partial charge on any atom is 0.342 e. The van der Waals surface area contributed by atoms with Crippen LogP contribution in [-0.4, -0.2) is 26.4 Å². The standard InChI is InChI=1S/C9H10N2O4S/c12-7-5(8(13)14)4-11(9(15)10-7)6-2-1-3-16-6/h4,6H,1-3H2,(H,13,14)(H,10,12,15). The van der Waals surface area contributed by atoms with Crippen molar-refractivity contribution in [3.8, 4) is 0 Å². The first-order valence-electron chi connectivity index (χ1n) is 4.80. The number of aromatic amines is 1. The molecule has 1 aliphatic heterocycles. The Kier molecular flexibility index (Phi) is 2.86. The number of H-pyrrole nitrogens is 1. The molecule has 0 amide bonds. The van der Waals surface area contributed by atoms with Gasteiger partial charge in [-0.25, -0.2) is 9.59 Å². The largest absolute Gasteiger partial charge is 0.477 e. The van der Waals surface area contributed by atoms with E-state index in [9.17, 15) is 14.4 Å². The van der Waals surface area contributed by atoms with Crippen LogP contribution in [0.5, 0.6) is 0 Å². The maximum absolute atomic E-state index is 11.5. The van der Waals surface area contributed by atoms with Gasteiger partial charge in [0.1, 0.15) is 5.56 Å². The molecule has 0 bridgehead atoms. The van der Waals surface area contributed by atoms with Gasteiger partial charge in [-0.15, -0.1) is 11.8 Å². The SMILES string of the molecule is O=C(O)c1cn(C2CCCS2)c(=O)[nH]c1=O. The van der Waals surface area contributed by atoms with Gasteiger partial charge < -0.3 is 5.11 Å². The third-order valence-corrected chi connectivity index (χ3v) is 3.79. The van der Waals surface area contributed by atoms with Gasteiger partial charge in [-0.05, 0) is 18.6 Å². The Morgan fingerprint density at radius 3 is 2.88 bits per heavy atom. The van der Waals surface area contributed by atoms with Crippen LogP contribution < -0.4 is 11.2 Å². The van der Waals surface area contributed by atoms with E-state index in [1.807, 2.05) is 4.98 Å². The summed E-state index contributed by atoms with van der Waals surface area (Å²) < 4.78 is 1.29. The van der Waals surface area contributed by atoms with Crippen LogP contribution in [0.15, 0.2) is 15.8 Å². The van der Waals surface area contributed by atoms with Crippen molar-refractivity contribution >= 4 is 17.7 Å². The van der Waals surface area contributed by atoms with E-state index in [-0.39, 0.29) is 5.37 Å². The first-order chi connectivity index (χ1) is 7.59. The zero-order valence-electron chi connectivity index (χ0n) is 8.30. The lowest BCUT2D eigenvalue weighted by atomic mass is 10.3. The van der Waals surface area contributed by atoms with Crippen LogP contribution in [-0.2, 0) is 0 Å². The van der Waals surface area contributed by atoms with Crippen molar-refractivity contribution in [1.82, 2.24) is 9.55 Å². The van der Waals surface area contributed by atoms with Gasteiger partial charge in [-0.3, -0.25) is 14.3 Å². The highest BCUT2D eigenvalue weighted by Gasteiger charge is 2.21. The van der Waals surface area contributed by atoms with Crippen molar-refractivity contribution in [2.75, 3.05) is 5.75 Å². The summed E-state index contributed by atoms with van der Waals surface area (Å²) in [5, 5.41) is 8.71. The fraction of sp³-hybridized carbons (Fsp3) is 0.444. The number of rotatable bonds is 2. The number of thioether (sulfide) groups is 1. The lowest BCUT2D eigenvalue weighted by molar-refractivity contribution is 0.0693. The minimum atomic E-state index is -1.32. The summed E-state index contributed by atoms with van der Waals surface area (Å²) in [5.41, 5.74) is -1.79. The topological polar surface area (TPSA) is 92.2 Å². The summed E-state index contributed by atoms with van der Waals surface area (Å²) in [6.07, 6.45) is 2.94. The van der Waals surface area contributed by atoms with E-state index in [0.29, 0.717) is 0 Å². The van der Waals surface area contributed by atoms with E-state index >= 15 is 0 Å². The van der Waals surface area contributed by atoms with Gasteiger partial charge in [-0.2, -0.15) is 0 Å². The van der Waals surface area contributed by atoms with Gasteiger partial charge in [0.2, 0.25) is 0 Å². The Morgan fingerprint density at radius 1 is 1.56 bits per heavy atom. The number of carbonyl (C=O) groups is 1. The first-order valence-corrected chi connectivity index (χ1v) is 5.85. The number of hydrogen-bond acceptors (Lipinski definition) is 4. The number of carboxylic acids is 1. The smallest absolute Gasteiger partial charge is 0.342 e. The van der Waals surface area contributed by atoms with Crippen molar-refractivity contribution in [1.29, 1.82) is 0 Å². The molecule has 86 valence electrons. The van der Waals surface area contributed by atoms with Crippen LogP contribution in [0.25, 0.3) is 0 Å². The lowest BCUT2D eigenvalue weighted by Crippen LogP contribution is -2.34. The Balaban J connectivity index is 2.53. The lowest BCUT2D eigenvalue weighted by Gasteiger charge is -2.11. The summed E-state index contributed by atoms with van der Waals surface area (Å²) in [6.45, 7) is 0. The van der Waals surface area contributed by atoms with E-state index < -0.39 is 22.8 Å². The van der Waals surface area contributed by atoms with Crippen molar-refractivity contribution < 1.29 is 9.90 Å². The summed E-state index contributed by atoms with van der Waals surface area (Å²) in [6, 6.07) is 0. The fourth-order valence-corrected chi connectivity index (χ4v) is 2.89. The second kappa shape index (κ2) is 4.17. The van der Waals surface area contributed by atoms with Gasteiger partial charge in [0.25, 0.3) is 5.56 Å². The molecular formula is C9H10N2O4S. The Labute approximate surface area is 94.3 Å². The molecule has 7 heteroatoms. The molecule has 16 heavy (non-hydrogen) atoms. The van der Waals surface area contributed by atoms with Crippen LogP contribution in [0.1, 0.15) is 28.6 Å². The van der Waals surface area contributed by atoms with Crippen LogP contribution in [0.4, 0.5) is 0 Å². The quantitative estimate of drug-likeness (QED) is 0.776. The molecule has 2 heterocycles. The van der Waals surface area contributed by atoms with E-state index in [0.717, 1.165) is 24.8 Å². The van der Waals surface area contributed by atoms with Crippen LogP contribution in [0, 0.1) is 0 Å². The minimum absolute atomic E-state index is 0.0672. The molecule has 1 unspecified atom stereocenters. The number of aromatic nitrogens is 2. The van der Waals surface area contributed by atoms with Crippen molar-refractivity contribution in [3.05, 3.63) is 32.6 Å². The van der Waals surface area contributed by atoms with E-state index in [4.69, 9.17) is 5.11 Å². The van der Waals surface area contributed by atoms with Gasteiger partial charge in [0, 0.05) is 6.20 Å². The number of aromatic carboxylic acids is 1. The summed E-state index contributed by atoms with van der Waals surface area (Å²) in [5.74, 6) is -0.378. The molecule has 1 aromatic heterocycles. The van der Waals surface area contributed by atoms with Gasteiger partial charge >= 0.3 is 11.7 Å². The third kappa shape index (κ3) is 1.90. The molecule has 0 radical (unpaired) electrons. The maximum atomic E-state index is 11.5. The molecule has 2 rings (SSSR count). The molecule has 1 saturated heterocycles. The summed E-state index contributed by atoms with van der Waals surface area (Å²) in [7, 11) is 0. The average molecular weight is 242 g/mol. The van der Waals surface area contributed by atoms with Crippen LogP contribution in [0.3, 0.4) is 0 Å².